The smallest absolute Gasteiger partial charge is 0.203 e. The van der Waals surface area contributed by atoms with Gasteiger partial charge in [0.05, 0.1) is 11.7 Å². The lowest BCUT2D eigenvalue weighted by Crippen LogP contribution is -2.13. The summed E-state index contributed by atoms with van der Waals surface area (Å²) in [7, 11) is 0. The summed E-state index contributed by atoms with van der Waals surface area (Å²) >= 11 is 3.47. The molecule has 0 aliphatic rings. The zero-order valence-corrected chi connectivity index (χ0v) is 13.9. The molecular formula is C15H18BrN5. The number of nitrogens with zero attached hydrogens (tertiary/aromatic N) is 4. The highest BCUT2D eigenvalue weighted by atomic mass is 79.9. The maximum atomic E-state index is 6.16. The molecule has 0 saturated carbocycles. The third-order valence-electron chi connectivity index (χ3n) is 3.81. The molecule has 21 heavy (non-hydrogen) atoms. The van der Waals surface area contributed by atoms with E-state index < -0.39 is 0 Å². The van der Waals surface area contributed by atoms with Gasteiger partial charge in [-0.1, -0.05) is 28.1 Å². The average Bonchev–Trinajstić information content (AvgIpc) is 2.96. The number of hydrogen-bond acceptors (Lipinski definition) is 3. The first-order valence-electron chi connectivity index (χ1n) is 6.99. The Kier molecular flexibility index (Phi) is 3.49. The summed E-state index contributed by atoms with van der Waals surface area (Å²) in [6.45, 7) is 6.96. The third kappa shape index (κ3) is 2.23. The Morgan fingerprint density at radius 2 is 1.95 bits per heavy atom. The van der Waals surface area contributed by atoms with E-state index in [1.807, 2.05) is 23.7 Å². The monoisotopic (exact) mass is 347 g/mol. The summed E-state index contributed by atoms with van der Waals surface area (Å²) in [5, 5.41) is 4.53. The summed E-state index contributed by atoms with van der Waals surface area (Å²) in [5.41, 5.74) is 10.1. The van der Waals surface area contributed by atoms with E-state index in [0.717, 1.165) is 27.9 Å². The van der Waals surface area contributed by atoms with Crippen LogP contribution in [0.1, 0.15) is 31.1 Å². The molecule has 2 aromatic heterocycles. The molecule has 0 aliphatic heterocycles. The van der Waals surface area contributed by atoms with Crippen LogP contribution in [0.25, 0.3) is 11.2 Å². The Balaban J connectivity index is 2.19. The van der Waals surface area contributed by atoms with Gasteiger partial charge < -0.3 is 5.73 Å². The molecule has 0 bridgehead atoms. The van der Waals surface area contributed by atoms with Crippen molar-refractivity contribution in [3.63, 3.8) is 0 Å². The van der Waals surface area contributed by atoms with Gasteiger partial charge in [0.25, 0.3) is 0 Å². The molecule has 1 aromatic carbocycles. The Hall–Kier alpha value is -1.82. The van der Waals surface area contributed by atoms with Crippen molar-refractivity contribution in [1.82, 2.24) is 19.3 Å². The zero-order valence-electron chi connectivity index (χ0n) is 12.3. The van der Waals surface area contributed by atoms with Gasteiger partial charge in [-0.2, -0.15) is 5.10 Å². The quantitative estimate of drug-likeness (QED) is 0.788. The van der Waals surface area contributed by atoms with Gasteiger partial charge in [-0.15, -0.1) is 0 Å². The Morgan fingerprint density at radius 3 is 2.57 bits per heavy atom. The number of benzene rings is 1. The van der Waals surface area contributed by atoms with Crippen molar-refractivity contribution < 1.29 is 0 Å². The maximum Gasteiger partial charge on any atom is 0.203 e. The van der Waals surface area contributed by atoms with Crippen LogP contribution < -0.4 is 5.73 Å². The van der Waals surface area contributed by atoms with E-state index >= 15 is 0 Å². The van der Waals surface area contributed by atoms with Crippen LogP contribution in [0.2, 0.25) is 0 Å². The van der Waals surface area contributed by atoms with E-state index in [1.54, 1.807) is 0 Å². The van der Waals surface area contributed by atoms with Gasteiger partial charge in [0.1, 0.15) is 5.52 Å². The molecule has 3 rings (SSSR count). The van der Waals surface area contributed by atoms with Crippen molar-refractivity contribution in [2.24, 2.45) is 0 Å². The molecule has 0 radical (unpaired) electrons. The fourth-order valence-electron chi connectivity index (χ4n) is 2.70. The van der Waals surface area contributed by atoms with Crippen LogP contribution in [0.15, 0.2) is 28.7 Å². The highest BCUT2D eigenvalue weighted by molar-refractivity contribution is 9.10. The average molecular weight is 348 g/mol. The van der Waals surface area contributed by atoms with E-state index in [2.05, 4.69) is 56.6 Å². The number of hydrogen-bond donors (Lipinski definition) is 1. The molecule has 0 amide bonds. The Morgan fingerprint density at radius 1 is 1.29 bits per heavy atom. The number of imidazole rings is 1. The predicted octanol–water partition coefficient (Wildman–Crippen LogP) is 3.52. The molecule has 5 nitrogen and oxygen atoms in total. The maximum absolute atomic E-state index is 6.16. The van der Waals surface area contributed by atoms with Gasteiger partial charge in [-0.25, -0.2) is 9.67 Å². The van der Waals surface area contributed by atoms with Crippen molar-refractivity contribution in [1.29, 1.82) is 0 Å². The molecule has 1 atom stereocenters. The summed E-state index contributed by atoms with van der Waals surface area (Å²) in [6, 6.07) is 8.38. The first-order valence-corrected chi connectivity index (χ1v) is 7.78. The normalized spacial score (nSPS) is 13.0. The number of aryl methyl sites for hydroxylation is 2. The van der Waals surface area contributed by atoms with E-state index in [4.69, 9.17) is 5.73 Å². The van der Waals surface area contributed by atoms with Gasteiger partial charge in [0, 0.05) is 11.0 Å². The van der Waals surface area contributed by atoms with Gasteiger partial charge in [0.15, 0.2) is 5.65 Å². The summed E-state index contributed by atoms with van der Waals surface area (Å²) in [4.78, 5) is 4.49. The Bertz CT molecular complexity index is 785. The van der Waals surface area contributed by atoms with Crippen LogP contribution in [-0.4, -0.2) is 19.3 Å². The number of rotatable bonds is 3. The van der Waals surface area contributed by atoms with Gasteiger partial charge in [0.2, 0.25) is 5.95 Å². The van der Waals surface area contributed by atoms with Crippen LogP contribution in [0.4, 0.5) is 5.95 Å². The van der Waals surface area contributed by atoms with Gasteiger partial charge >= 0.3 is 0 Å². The highest BCUT2D eigenvalue weighted by Crippen LogP contribution is 2.29. The lowest BCUT2D eigenvalue weighted by Gasteiger charge is -2.17. The van der Waals surface area contributed by atoms with E-state index in [9.17, 15) is 0 Å². The molecule has 0 saturated heterocycles. The van der Waals surface area contributed by atoms with Crippen molar-refractivity contribution in [3.8, 4) is 0 Å². The minimum absolute atomic E-state index is 0.101. The molecule has 6 heteroatoms. The first-order chi connectivity index (χ1) is 10.0. The second kappa shape index (κ2) is 5.18. The van der Waals surface area contributed by atoms with Gasteiger partial charge in [-0.05, 0) is 38.5 Å². The second-order valence-corrected chi connectivity index (χ2v) is 6.06. The topological polar surface area (TPSA) is 61.7 Å². The van der Waals surface area contributed by atoms with Crippen molar-refractivity contribution in [3.05, 3.63) is 40.0 Å². The number of nitrogen functional groups attached to an aromatic ring is 1. The minimum Gasteiger partial charge on any atom is -0.369 e. The molecule has 3 aromatic rings. The summed E-state index contributed by atoms with van der Waals surface area (Å²) < 4.78 is 5.09. The molecular weight excluding hydrogens is 330 g/mol. The number of anilines is 1. The van der Waals surface area contributed by atoms with Crippen molar-refractivity contribution in [2.45, 2.75) is 33.4 Å². The number of halogens is 1. The summed E-state index contributed by atoms with van der Waals surface area (Å²) in [6.07, 6.45) is 0. The van der Waals surface area contributed by atoms with Crippen LogP contribution >= 0.6 is 15.9 Å². The van der Waals surface area contributed by atoms with E-state index in [0.29, 0.717) is 5.95 Å². The van der Waals surface area contributed by atoms with Crippen molar-refractivity contribution in [2.75, 3.05) is 5.73 Å². The van der Waals surface area contributed by atoms with E-state index in [-0.39, 0.29) is 6.04 Å². The van der Waals surface area contributed by atoms with Crippen LogP contribution in [0, 0.1) is 6.92 Å². The van der Waals surface area contributed by atoms with E-state index in [1.165, 1.54) is 5.56 Å². The molecule has 110 valence electrons. The van der Waals surface area contributed by atoms with Crippen LogP contribution in [-0.2, 0) is 6.54 Å². The van der Waals surface area contributed by atoms with Gasteiger partial charge in [-0.3, -0.25) is 4.57 Å². The predicted molar refractivity (Wildman–Crippen MR) is 88.3 cm³/mol. The SMILES string of the molecule is CCn1nc(C)c2nc(N)n(C(C)c3ccc(Br)cc3)c21. The number of aromatic nitrogens is 4. The number of fused-ring (bicyclic) bond motifs is 1. The third-order valence-corrected chi connectivity index (χ3v) is 4.34. The fraction of sp³-hybridized carbons (Fsp3) is 0.333. The highest BCUT2D eigenvalue weighted by Gasteiger charge is 2.21. The minimum atomic E-state index is 0.101. The van der Waals surface area contributed by atoms with Crippen LogP contribution in [0.3, 0.4) is 0 Å². The fourth-order valence-corrected chi connectivity index (χ4v) is 2.96. The lowest BCUT2D eigenvalue weighted by molar-refractivity contribution is 0.607. The number of nitrogens with two attached hydrogens (primary N) is 1. The summed E-state index contributed by atoms with van der Waals surface area (Å²) in [5.74, 6) is 0.531. The largest absolute Gasteiger partial charge is 0.369 e. The molecule has 0 fully saturated rings. The lowest BCUT2D eigenvalue weighted by atomic mass is 10.1. The molecule has 1 unspecified atom stereocenters. The molecule has 2 N–H and O–H groups in total. The van der Waals surface area contributed by atoms with Crippen LogP contribution in [0.5, 0.6) is 0 Å². The standard InChI is InChI=1S/C15H18BrN5/c1-4-20-14-13(9(2)19-20)18-15(17)21(14)10(3)11-5-7-12(16)8-6-11/h5-8,10H,4H2,1-3H3,(H2,17,18). The van der Waals surface area contributed by atoms with Crippen molar-refractivity contribution >= 4 is 33.0 Å². The molecule has 0 spiro atoms. The Labute approximate surface area is 131 Å². The zero-order chi connectivity index (χ0) is 15.1. The molecule has 2 heterocycles. The molecule has 0 aliphatic carbocycles. The second-order valence-electron chi connectivity index (χ2n) is 5.14. The first kappa shape index (κ1) is 14.1.